The van der Waals surface area contributed by atoms with Gasteiger partial charge in [0, 0.05) is 43.6 Å². The standard InChI is InChI=1S/C24H28N4O3/c1-17(25-23(29)21-15-19-20(26-21)9-6-10-22(19)31-2)24(30)28-13-11-27(12-14-28)16-18-7-4-3-5-8-18/h3-10,15,17,26H,11-14,16H2,1-2H3,(H,25,29)/t17-/m0/s1. The number of aromatic nitrogens is 1. The lowest BCUT2D eigenvalue weighted by Crippen LogP contribution is -2.53. The first-order valence-corrected chi connectivity index (χ1v) is 10.6. The van der Waals surface area contributed by atoms with Crippen LogP contribution in [0.15, 0.2) is 54.6 Å². The second-order valence-electron chi connectivity index (χ2n) is 7.89. The van der Waals surface area contributed by atoms with Crippen LogP contribution in [-0.4, -0.2) is 65.9 Å². The molecule has 0 radical (unpaired) electrons. The van der Waals surface area contributed by atoms with E-state index >= 15 is 0 Å². The Bertz CT molecular complexity index is 1060. The maximum atomic E-state index is 12.9. The Kier molecular flexibility index (Phi) is 6.23. The fourth-order valence-electron chi connectivity index (χ4n) is 4.01. The van der Waals surface area contributed by atoms with Crippen molar-refractivity contribution < 1.29 is 14.3 Å². The molecule has 0 bridgehead atoms. The number of carbonyl (C=O) groups excluding carboxylic acids is 2. The zero-order valence-corrected chi connectivity index (χ0v) is 17.9. The van der Waals surface area contributed by atoms with Gasteiger partial charge in [-0.05, 0) is 30.7 Å². The normalized spacial score (nSPS) is 15.6. The predicted octanol–water partition coefficient (Wildman–Crippen LogP) is 2.64. The van der Waals surface area contributed by atoms with Crippen LogP contribution in [0, 0.1) is 0 Å². The number of carbonyl (C=O) groups is 2. The summed E-state index contributed by atoms with van der Waals surface area (Å²) in [5.41, 5.74) is 2.50. The summed E-state index contributed by atoms with van der Waals surface area (Å²) in [6.07, 6.45) is 0. The van der Waals surface area contributed by atoms with Gasteiger partial charge in [0.2, 0.25) is 5.91 Å². The summed E-state index contributed by atoms with van der Waals surface area (Å²) in [6, 6.07) is 17.1. The Morgan fingerprint density at radius 3 is 2.52 bits per heavy atom. The number of amides is 2. The highest BCUT2D eigenvalue weighted by atomic mass is 16.5. The molecule has 2 aromatic carbocycles. The van der Waals surface area contributed by atoms with E-state index < -0.39 is 6.04 Å². The van der Waals surface area contributed by atoms with Crippen molar-refractivity contribution >= 4 is 22.7 Å². The van der Waals surface area contributed by atoms with Gasteiger partial charge in [0.15, 0.2) is 0 Å². The second-order valence-corrected chi connectivity index (χ2v) is 7.89. The molecule has 0 saturated carbocycles. The highest BCUT2D eigenvalue weighted by molar-refractivity contribution is 6.01. The third kappa shape index (κ3) is 4.72. The molecule has 7 heteroatoms. The molecule has 0 spiro atoms. The van der Waals surface area contributed by atoms with E-state index in [9.17, 15) is 9.59 Å². The summed E-state index contributed by atoms with van der Waals surface area (Å²) in [5.74, 6) is 0.341. The highest BCUT2D eigenvalue weighted by Crippen LogP contribution is 2.26. The zero-order chi connectivity index (χ0) is 21.8. The molecule has 1 atom stereocenters. The molecule has 162 valence electrons. The molecular weight excluding hydrogens is 392 g/mol. The van der Waals surface area contributed by atoms with Gasteiger partial charge in [0.05, 0.1) is 7.11 Å². The van der Waals surface area contributed by atoms with Crippen LogP contribution in [0.3, 0.4) is 0 Å². The SMILES string of the molecule is COc1cccc2[nH]c(C(=O)N[C@@H](C)C(=O)N3CCN(Cc4ccccc4)CC3)cc12. The quantitative estimate of drug-likeness (QED) is 0.643. The number of nitrogens with one attached hydrogen (secondary N) is 2. The van der Waals surface area contributed by atoms with Crippen molar-refractivity contribution in [3.63, 3.8) is 0 Å². The Balaban J connectivity index is 1.32. The molecule has 1 aliphatic heterocycles. The largest absolute Gasteiger partial charge is 0.496 e. The van der Waals surface area contributed by atoms with Crippen LogP contribution in [0.4, 0.5) is 0 Å². The van der Waals surface area contributed by atoms with Gasteiger partial charge in [-0.25, -0.2) is 0 Å². The maximum absolute atomic E-state index is 12.9. The Morgan fingerprint density at radius 2 is 1.81 bits per heavy atom. The van der Waals surface area contributed by atoms with Crippen molar-refractivity contribution in [1.29, 1.82) is 0 Å². The molecule has 2 heterocycles. The van der Waals surface area contributed by atoms with Crippen molar-refractivity contribution in [3.8, 4) is 5.75 Å². The number of benzene rings is 2. The van der Waals surface area contributed by atoms with Crippen molar-refractivity contribution in [1.82, 2.24) is 20.1 Å². The number of rotatable bonds is 6. The maximum Gasteiger partial charge on any atom is 0.268 e. The van der Waals surface area contributed by atoms with Crippen molar-refractivity contribution in [2.75, 3.05) is 33.3 Å². The van der Waals surface area contributed by atoms with E-state index in [2.05, 4.69) is 27.3 Å². The van der Waals surface area contributed by atoms with E-state index in [0.717, 1.165) is 30.5 Å². The third-order valence-electron chi connectivity index (χ3n) is 5.74. The molecular formula is C24H28N4O3. The summed E-state index contributed by atoms with van der Waals surface area (Å²) in [6.45, 7) is 5.59. The minimum atomic E-state index is -0.596. The number of piperazine rings is 1. The van der Waals surface area contributed by atoms with Gasteiger partial charge in [-0.2, -0.15) is 0 Å². The first-order chi connectivity index (χ1) is 15.0. The molecule has 7 nitrogen and oxygen atoms in total. The molecule has 4 rings (SSSR count). The molecule has 1 fully saturated rings. The van der Waals surface area contributed by atoms with Gasteiger partial charge < -0.3 is 19.9 Å². The van der Waals surface area contributed by atoms with E-state index in [1.165, 1.54) is 5.56 Å². The molecule has 0 aliphatic carbocycles. The van der Waals surface area contributed by atoms with Gasteiger partial charge in [0.1, 0.15) is 17.5 Å². The molecule has 2 N–H and O–H groups in total. The zero-order valence-electron chi connectivity index (χ0n) is 17.9. The van der Waals surface area contributed by atoms with E-state index in [0.29, 0.717) is 24.5 Å². The van der Waals surface area contributed by atoms with E-state index in [1.807, 2.05) is 41.3 Å². The van der Waals surface area contributed by atoms with Crippen molar-refractivity contribution in [2.24, 2.45) is 0 Å². The smallest absolute Gasteiger partial charge is 0.268 e. The minimum Gasteiger partial charge on any atom is -0.496 e. The average molecular weight is 421 g/mol. The van der Waals surface area contributed by atoms with Gasteiger partial charge >= 0.3 is 0 Å². The van der Waals surface area contributed by atoms with E-state index in [-0.39, 0.29) is 11.8 Å². The van der Waals surface area contributed by atoms with Gasteiger partial charge in [-0.15, -0.1) is 0 Å². The van der Waals surface area contributed by atoms with Gasteiger partial charge in [-0.1, -0.05) is 36.4 Å². The van der Waals surface area contributed by atoms with E-state index in [1.54, 1.807) is 20.1 Å². The number of methoxy groups -OCH3 is 1. The summed E-state index contributed by atoms with van der Waals surface area (Å²) in [4.78, 5) is 32.9. The van der Waals surface area contributed by atoms with E-state index in [4.69, 9.17) is 4.74 Å². The number of nitrogens with zero attached hydrogens (tertiary/aromatic N) is 2. The lowest BCUT2D eigenvalue weighted by Gasteiger charge is -2.36. The second kappa shape index (κ2) is 9.22. The average Bonchev–Trinajstić information content (AvgIpc) is 3.24. The van der Waals surface area contributed by atoms with Crippen molar-refractivity contribution in [3.05, 3.63) is 65.9 Å². The third-order valence-corrected chi connectivity index (χ3v) is 5.74. The molecule has 2 amide bonds. The molecule has 1 aromatic heterocycles. The number of fused-ring (bicyclic) bond motifs is 1. The topological polar surface area (TPSA) is 77.7 Å². The monoisotopic (exact) mass is 420 g/mol. The fourth-order valence-corrected chi connectivity index (χ4v) is 4.01. The summed E-state index contributed by atoms with van der Waals surface area (Å²) in [5, 5.41) is 3.66. The Labute approximate surface area is 182 Å². The first kappa shape index (κ1) is 20.9. The highest BCUT2D eigenvalue weighted by Gasteiger charge is 2.26. The Morgan fingerprint density at radius 1 is 1.06 bits per heavy atom. The molecule has 1 aliphatic rings. The molecule has 31 heavy (non-hydrogen) atoms. The number of hydrogen-bond acceptors (Lipinski definition) is 4. The Hall–Kier alpha value is -3.32. The van der Waals surface area contributed by atoms with Crippen LogP contribution in [0.1, 0.15) is 23.0 Å². The number of hydrogen-bond donors (Lipinski definition) is 2. The summed E-state index contributed by atoms with van der Waals surface area (Å²) in [7, 11) is 1.60. The summed E-state index contributed by atoms with van der Waals surface area (Å²) < 4.78 is 5.35. The first-order valence-electron chi connectivity index (χ1n) is 10.6. The van der Waals surface area contributed by atoms with Crippen molar-refractivity contribution in [2.45, 2.75) is 19.5 Å². The predicted molar refractivity (Wildman–Crippen MR) is 120 cm³/mol. The minimum absolute atomic E-state index is 0.0543. The number of H-pyrrole nitrogens is 1. The van der Waals surface area contributed by atoms with Crippen LogP contribution < -0.4 is 10.1 Å². The van der Waals surface area contributed by atoms with Crippen LogP contribution in [0.25, 0.3) is 10.9 Å². The lowest BCUT2D eigenvalue weighted by molar-refractivity contribution is -0.134. The summed E-state index contributed by atoms with van der Waals surface area (Å²) >= 11 is 0. The van der Waals surface area contributed by atoms with Crippen LogP contribution in [0.5, 0.6) is 5.75 Å². The van der Waals surface area contributed by atoms with Gasteiger partial charge in [-0.3, -0.25) is 14.5 Å². The molecule has 0 unspecified atom stereocenters. The van der Waals surface area contributed by atoms with Crippen LogP contribution in [-0.2, 0) is 11.3 Å². The van der Waals surface area contributed by atoms with Gasteiger partial charge in [0.25, 0.3) is 5.91 Å². The molecule has 1 saturated heterocycles. The lowest BCUT2D eigenvalue weighted by atomic mass is 10.2. The number of ether oxygens (including phenoxy) is 1. The fraction of sp³-hybridized carbons (Fsp3) is 0.333. The number of aromatic amines is 1. The molecule has 3 aromatic rings. The van der Waals surface area contributed by atoms with Crippen LogP contribution in [0.2, 0.25) is 0 Å². The van der Waals surface area contributed by atoms with Crippen LogP contribution >= 0.6 is 0 Å².